The van der Waals surface area contributed by atoms with Crippen LogP contribution in [0.4, 0.5) is 0 Å². The number of likely N-dealkylation sites (tertiary alicyclic amines) is 1. The average molecular weight is 549 g/mol. The Morgan fingerprint density at radius 2 is 1.92 bits per heavy atom. The number of piperidine rings is 1. The van der Waals surface area contributed by atoms with E-state index in [4.69, 9.17) is 16.3 Å². The van der Waals surface area contributed by atoms with Crippen LogP contribution in [0.15, 0.2) is 66.9 Å². The maximum absolute atomic E-state index is 11.7. The van der Waals surface area contributed by atoms with Gasteiger partial charge in [0, 0.05) is 53.8 Å². The first-order chi connectivity index (χ1) is 18.7. The van der Waals surface area contributed by atoms with E-state index >= 15 is 0 Å². The molecule has 0 spiro atoms. The van der Waals surface area contributed by atoms with E-state index < -0.39 is 11.7 Å². The van der Waals surface area contributed by atoms with Gasteiger partial charge in [0.05, 0.1) is 24.0 Å². The molecule has 7 heteroatoms. The summed E-state index contributed by atoms with van der Waals surface area (Å²) in [6.07, 6.45) is 5.09. The van der Waals surface area contributed by atoms with Crippen LogP contribution in [-0.2, 0) is 18.6 Å². The summed E-state index contributed by atoms with van der Waals surface area (Å²) in [6, 6.07) is 17.5. The van der Waals surface area contributed by atoms with Gasteiger partial charge >= 0.3 is 0 Å². The van der Waals surface area contributed by atoms with E-state index in [0.29, 0.717) is 24.5 Å². The first-order valence-electron chi connectivity index (χ1n) is 13.6. The van der Waals surface area contributed by atoms with Crippen molar-refractivity contribution in [3.05, 3.63) is 99.8 Å². The zero-order valence-electron chi connectivity index (χ0n) is 22.6. The topological polar surface area (TPSA) is 86.1 Å². The highest BCUT2D eigenvalue weighted by Gasteiger charge is 2.48. The molecular formula is C32H37ClN2O4. The molecule has 1 fully saturated rings. The first kappa shape index (κ1) is 27.8. The molecule has 2 unspecified atom stereocenters. The van der Waals surface area contributed by atoms with Crippen LogP contribution in [-0.4, -0.2) is 57.5 Å². The number of pyridine rings is 1. The van der Waals surface area contributed by atoms with Crippen LogP contribution >= 0.6 is 11.6 Å². The van der Waals surface area contributed by atoms with E-state index in [-0.39, 0.29) is 12.0 Å². The van der Waals surface area contributed by atoms with Gasteiger partial charge in [-0.25, -0.2) is 0 Å². The molecule has 3 aromatic rings. The Balaban J connectivity index is 1.37. The predicted molar refractivity (Wildman–Crippen MR) is 154 cm³/mol. The highest BCUT2D eigenvalue weighted by atomic mass is 35.5. The number of aliphatic hydroxyl groups is 3. The average Bonchev–Trinajstić information content (AvgIpc) is 3.07. The second kappa shape index (κ2) is 11.4. The summed E-state index contributed by atoms with van der Waals surface area (Å²) in [5.74, 6) is 0.786. The molecule has 0 saturated carbocycles. The van der Waals surface area contributed by atoms with Crippen LogP contribution < -0.4 is 4.74 Å². The Morgan fingerprint density at radius 1 is 1.13 bits per heavy atom. The van der Waals surface area contributed by atoms with Crippen LogP contribution in [0.1, 0.15) is 54.6 Å². The smallest absolute Gasteiger partial charge is 0.131 e. The van der Waals surface area contributed by atoms with E-state index in [0.717, 1.165) is 65.3 Å². The summed E-state index contributed by atoms with van der Waals surface area (Å²) in [5.41, 5.74) is 4.59. The van der Waals surface area contributed by atoms with Crippen molar-refractivity contribution in [3.8, 4) is 5.75 Å². The van der Waals surface area contributed by atoms with E-state index in [1.165, 1.54) is 0 Å². The largest absolute Gasteiger partial charge is 0.487 e. The minimum absolute atomic E-state index is 0.275. The van der Waals surface area contributed by atoms with Crippen molar-refractivity contribution in [1.29, 1.82) is 0 Å². The lowest BCUT2D eigenvalue weighted by atomic mass is 9.66. The molecule has 6 nitrogen and oxygen atoms in total. The summed E-state index contributed by atoms with van der Waals surface area (Å²) in [4.78, 5) is 7.00. The lowest BCUT2D eigenvalue weighted by Gasteiger charge is -2.50. The Morgan fingerprint density at radius 3 is 2.67 bits per heavy atom. The maximum Gasteiger partial charge on any atom is 0.131 e. The molecule has 0 radical (unpaired) electrons. The number of hydrogen-bond donors (Lipinski definition) is 3. The van der Waals surface area contributed by atoms with Gasteiger partial charge in [-0.15, -0.1) is 0 Å². The molecule has 3 heterocycles. The Labute approximate surface area is 235 Å². The standard InChI is InChI=1S/C32H37ClN2O4/c1-31(2)21-35(16-13-32(31,38)23-8-10-24(33)11-9-23)15-4-6-26-27-5-3-14-34-29(27)20-39-30-12-7-22(18-28(26)30)17-25(37)19-36/h3,5-12,14,18,25,36-38H,4,13,15-17,19-21H2,1-2H3/b26-6+. The van der Waals surface area contributed by atoms with Gasteiger partial charge in [0.25, 0.3) is 0 Å². The van der Waals surface area contributed by atoms with Gasteiger partial charge in [0.15, 0.2) is 0 Å². The van der Waals surface area contributed by atoms with E-state index in [1.54, 1.807) is 6.20 Å². The number of ether oxygens (including phenoxy) is 1. The molecule has 0 aliphatic carbocycles. The zero-order valence-corrected chi connectivity index (χ0v) is 23.4. The van der Waals surface area contributed by atoms with E-state index in [1.807, 2.05) is 42.5 Å². The molecule has 3 N–H and O–H groups in total. The second-order valence-corrected chi connectivity index (χ2v) is 11.8. The molecule has 2 aliphatic rings. The van der Waals surface area contributed by atoms with Crippen LogP contribution in [0.5, 0.6) is 5.75 Å². The van der Waals surface area contributed by atoms with Crippen LogP contribution in [0.2, 0.25) is 5.02 Å². The minimum atomic E-state index is -0.912. The summed E-state index contributed by atoms with van der Waals surface area (Å²) in [6.45, 7) is 6.82. The fourth-order valence-electron chi connectivity index (χ4n) is 5.96. The van der Waals surface area contributed by atoms with Gasteiger partial charge in [-0.2, -0.15) is 0 Å². The van der Waals surface area contributed by atoms with Crippen molar-refractivity contribution in [2.24, 2.45) is 5.41 Å². The number of aliphatic hydroxyl groups excluding tert-OH is 2. The number of nitrogens with zero attached hydrogens (tertiary/aromatic N) is 2. The molecule has 1 saturated heterocycles. The van der Waals surface area contributed by atoms with Crippen molar-refractivity contribution < 1.29 is 20.1 Å². The summed E-state index contributed by atoms with van der Waals surface area (Å²) < 4.78 is 6.13. The van der Waals surface area contributed by atoms with Gasteiger partial charge < -0.3 is 25.0 Å². The Hall–Kier alpha value is -2.74. The molecular weight excluding hydrogens is 512 g/mol. The molecule has 5 rings (SSSR count). The fourth-order valence-corrected chi connectivity index (χ4v) is 6.08. The fraction of sp³-hybridized carbons (Fsp3) is 0.406. The van der Waals surface area contributed by atoms with Crippen LogP contribution in [0.3, 0.4) is 0 Å². The number of hydrogen-bond acceptors (Lipinski definition) is 6. The van der Waals surface area contributed by atoms with Crippen molar-refractivity contribution in [1.82, 2.24) is 9.88 Å². The number of fused-ring (bicyclic) bond motifs is 2. The lowest BCUT2D eigenvalue weighted by Crippen LogP contribution is -2.55. The van der Waals surface area contributed by atoms with Crippen LogP contribution in [0, 0.1) is 5.41 Å². The second-order valence-electron chi connectivity index (χ2n) is 11.3. The van der Waals surface area contributed by atoms with Gasteiger partial charge in [-0.05, 0) is 59.9 Å². The summed E-state index contributed by atoms with van der Waals surface area (Å²) in [7, 11) is 0. The monoisotopic (exact) mass is 548 g/mol. The summed E-state index contributed by atoms with van der Waals surface area (Å²) >= 11 is 6.09. The zero-order chi connectivity index (χ0) is 27.6. The number of halogens is 1. The lowest BCUT2D eigenvalue weighted by molar-refractivity contribution is -0.125. The third-order valence-corrected chi connectivity index (χ3v) is 8.46. The van der Waals surface area contributed by atoms with E-state index in [2.05, 4.69) is 41.9 Å². The first-order valence-corrected chi connectivity index (χ1v) is 14.0. The Kier molecular flexibility index (Phi) is 8.13. The highest BCUT2D eigenvalue weighted by molar-refractivity contribution is 6.30. The van der Waals surface area contributed by atoms with Crippen molar-refractivity contribution in [3.63, 3.8) is 0 Å². The molecule has 39 heavy (non-hydrogen) atoms. The predicted octanol–water partition coefficient (Wildman–Crippen LogP) is 4.96. The molecule has 2 aromatic carbocycles. The number of rotatable bonds is 7. The summed E-state index contributed by atoms with van der Waals surface area (Å²) in [5, 5.41) is 31.7. The molecule has 1 aromatic heterocycles. The van der Waals surface area contributed by atoms with Gasteiger partial charge in [-0.1, -0.05) is 55.8 Å². The van der Waals surface area contributed by atoms with Crippen molar-refractivity contribution in [2.75, 3.05) is 26.2 Å². The van der Waals surface area contributed by atoms with Crippen molar-refractivity contribution >= 4 is 17.2 Å². The molecule has 2 aliphatic heterocycles. The quantitative estimate of drug-likeness (QED) is 0.387. The third-order valence-electron chi connectivity index (χ3n) is 8.20. The van der Waals surface area contributed by atoms with Gasteiger partial charge in [0.2, 0.25) is 0 Å². The third kappa shape index (κ3) is 5.76. The van der Waals surface area contributed by atoms with Crippen molar-refractivity contribution in [2.45, 2.75) is 51.4 Å². The maximum atomic E-state index is 11.7. The number of benzene rings is 2. The Bertz CT molecular complexity index is 1340. The normalized spacial score (nSPS) is 22.5. The molecule has 2 atom stereocenters. The highest BCUT2D eigenvalue weighted by Crippen LogP contribution is 2.46. The van der Waals surface area contributed by atoms with Crippen LogP contribution in [0.25, 0.3) is 5.57 Å². The SMILES string of the molecule is CC1(C)CN(CC/C=C2/c3cc(CC(O)CO)ccc3OCc3ncccc32)CCC1(O)c1ccc(Cl)cc1. The molecule has 0 amide bonds. The molecule has 206 valence electrons. The minimum Gasteiger partial charge on any atom is -0.487 e. The van der Waals surface area contributed by atoms with E-state index in [9.17, 15) is 15.3 Å². The van der Waals surface area contributed by atoms with Gasteiger partial charge in [0.1, 0.15) is 12.4 Å². The van der Waals surface area contributed by atoms with Gasteiger partial charge in [-0.3, -0.25) is 4.98 Å². The number of aromatic nitrogens is 1. The molecule has 0 bridgehead atoms.